The van der Waals surface area contributed by atoms with Crippen molar-refractivity contribution in [1.82, 2.24) is 5.32 Å². The molecule has 3 heteroatoms. The Morgan fingerprint density at radius 2 is 1.93 bits per heavy atom. The van der Waals surface area contributed by atoms with Gasteiger partial charge in [-0.05, 0) is 31.4 Å². The first-order chi connectivity index (χ1) is 7.36. The average Bonchev–Trinajstić information content (AvgIpc) is 2.46. The van der Waals surface area contributed by atoms with Crippen LogP contribution in [0.1, 0.15) is 19.3 Å². The van der Waals surface area contributed by atoms with E-state index in [-0.39, 0.29) is 5.91 Å². The lowest BCUT2D eigenvalue weighted by Crippen LogP contribution is -2.28. The number of benzene rings is 1. The minimum absolute atomic E-state index is 0.0173. The highest BCUT2D eigenvalue weighted by Crippen LogP contribution is 2.13. The first kappa shape index (κ1) is 9.90. The Hall–Kier alpha value is -1.64. The lowest BCUT2D eigenvalue weighted by atomic mass is 10.2. The molecule has 1 aromatic rings. The Balaban J connectivity index is 2.20. The van der Waals surface area contributed by atoms with Crippen molar-refractivity contribution in [3.63, 3.8) is 0 Å². The fourth-order valence-corrected chi connectivity index (χ4v) is 1.60. The second-order valence-corrected chi connectivity index (χ2v) is 3.61. The minimum Gasteiger partial charge on any atom is -0.351 e. The third-order valence-corrected chi connectivity index (χ3v) is 2.41. The molecule has 1 aliphatic heterocycles. The van der Waals surface area contributed by atoms with Gasteiger partial charge < -0.3 is 5.32 Å². The molecule has 0 bridgehead atoms. The van der Waals surface area contributed by atoms with Gasteiger partial charge in [-0.3, -0.25) is 4.79 Å². The summed E-state index contributed by atoms with van der Waals surface area (Å²) in [7, 11) is 0. The smallest absolute Gasteiger partial charge is 0.265 e. The molecular formula is C12H14N2O. The van der Waals surface area contributed by atoms with Gasteiger partial charge in [0, 0.05) is 6.54 Å². The van der Waals surface area contributed by atoms with Gasteiger partial charge in [0.05, 0.1) is 5.69 Å². The first-order valence-electron chi connectivity index (χ1n) is 5.27. The Morgan fingerprint density at radius 1 is 1.13 bits per heavy atom. The van der Waals surface area contributed by atoms with E-state index in [2.05, 4.69) is 10.3 Å². The predicted molar refractivity (Wildman–Crippen MR) is 60.4 cm³/mol. The van der Waals surface area contributed by atoms with Crippen LogP contribution in [0.3, 0.4) is 0 Å². The lowest BCUT2D eigenvalue weighted by molar-refractivity contribution is -0.114. The molecule has 1 fully saturated rings. The van der Waals surface area contributed by atoms with Crippen molar-refractivity contribution in [1.29, 1.82) is 0 Å². The summed E-state index contributed by atoms with van der Waals surface area (Å²) in [5, 5.41) is 2.85. The number of para-hydroxylation sites is 1. The van der Waals surface area contributed by atoms with Gasteiger partial charge in [-0.25, -0.2) is 4.99 Å². The van der Waals surface area contributed by atoms with E-state index in [1.54, 1.807) is 0 Å². The molecule has 0 radical (unpaired) electrons. The normalized spacial score (nSPS) is 19.7. The van der Waals surface area contributed by atoms with Gasteiger partial charge in [-0.1, -0.05) is 18.2 Å². The molecule has 0 aliphatic carbocycles. The van der Waals surface area contributed by atoms with Crippen molar-refractivity contribution >= 4 is 17.3 Å². The number of nitrogens with zero attached hydrogens (tertiary/aromatic N) is 1. The number of amides is 1. The molecule has 1 N–H and O–H groups in total. The van der Waals surface area contributed by atoms with E-state index in [9.17, 15) is 4.79 Å². The predicted octanol–water partition coefficient (Wildman–Crippen LogP) is 2.06. The molecule has 2 rings (SSSR count). The Morgan fingerprint density at radius 3 is 2.73 bits per heavy atom. The van der Waals surface area contributed by atoms with E-state index in [0.29, 0.717) is 5.71 Å². The van der Waals surface area contributed by atoms with E-state index in [1.807, 2.05) is 30.3 Å². The number of carbonyl (C=O) groups is 1. The molecule has 1 heterocycles. The first-order valence-corrected chi connectivity index (χ1v) is 5.27. The second-order valence-electron chi connectivity index (χ2n) is 3.61. The van der Waals surface area contributed by atoms with Crippen molar-refractivity contribution in [2.75, 3.05) is 6.54 Å². The van der Waals surface area contributed by atoms with E-state index in [0.717, 1.165) is 31.5 Å². The number of aliphatic imine (C=N–C) groups is 1. The third-order valence-electron chi connectivity index (χ3n) is 2.41. The molecular weight excluding hydrogens is 188 g/mol. The van der Waals surface area contributed by atoms with Gasteiger partial charge in [0.1, 0.15) is 5.71 Å². The average molecular weight is 202 g/mol. The number of hydrogen-bond acceptors (Lipinski definition) is 2. The zero-order valence-electron chi connectivity index (χ0n) is 8.57. The van der Waals surface area contributed by atoms with Crippen LogP contribution in [0.25, 0.3) is 0 Å². The van der Waals surface area contributed by atoms with Crippen molar-refractivity contribution in [3.8, 4) is 0 Å². The van der Waals surface area contributed by atoms with Crippen LogP contribution in [0.15, 0.2) is 35.3 Å². The largest absolute Gasteiger partial charge is 0.351 e. The van der Waals surface area contributed by atoms with E-state index in [4.69, 9.17) is 0 Å². The fraction of sp³-hybridized carbons (Fsp3) is 0.333. The topological polar surface area (TPSA) is 41.5 Å². The molecule has 0 atom stereocenters. The monoisotopic (exact) mass is 202 g/mol. The Labute approximate surface area is 89.2 Å². The van der Waals surface area contributed by atoms with Crippen molar-refractivity contribution in [3.05, 3.63) is 30.3 Å². The van der Waals surface area contributed by atoms with Crippen LogP contribution < -0.4 is 5.32 Å². The third kappa shape index (κ3) is 2.65. The molecule has 1 aromatic carbocycles. The summed E-state index contributed by atoms with van der Waals surface area (Å²) in [6, 6.07) is 9.61. The molecule has 78 valence electrons. The highest BCUT2D eigenvalue weighted by molar-refractivity contribution is 6.39. The summed E-state index contributed by atoms with van der Waals surface area (Å²) in [5.74, 6) is -0.0173. The summed E-state index contributed by atoms with van der Waals surface area (Å²) in [6.45, 7) is 0.770. The highest BCUT2D eigenvalue weighted by Gasteiger charge is 2.13. The summed E-state index contributed by atoms with van der Waals surface area (Å²) in [6.07, 6.45) is 2.85. The molecule has 3 nitrogen and oxygen atoms in total. The molecule has 0 saturated carbocycles. The van der Waals surface area contributed by atoms with Crippen molar-refractivity contribution in [2.45, 2.75) is 19.3 Å². The van der Waals surface area contributed by atoms with Crippen LogP contribution in [-0.2, 0) is 4.79 Å². The van der Waals surface area contributed by atoms with Crippen molar-refractivity contribution in [2.24, 2.45) is 4.99 Å². The number of nitrogens with one attached hydrogen (secondary N) is 1. The van der Waals surface area contributed by atoms with Gasteiger partial charge in [-0.15, -0.1) is 0 Å². The zero-order chi connectivity index (χ0) is 10.5. The van der Waals surface area contributed by atoms with Gasteiger partial charge >= 0.3 is 0 Å². The zero-order valence-corrected chi connectivity index (χ0v) is 8.57. The molecule has 0 aromatic heterocycles. The van der Waals surface area contributed by atoms with Crippen molar-refractivity contribution < 1.29 is 4.79 Å². The molecule has 0 unspecified atom stereocenters. The van der Waals surface area contributed by atoms with Gasteiger partial charge in [0.2, 0.25) is 0 Å². The van der Waals surface area contributed by atoms with Gasteiger partial charge in [0.15, 0.2) is 0 Å². The standard InChI is InChI=1S/C12H14N2O/c15-12-11(8-4-5-9-13-12)14-10-6-2-1-3-7-10/h1-3,6-7H,4-5,8-9H2,(H,13,15). The number of carbonyl (C=O) groups excluding carboxylic acids is 1. The maximum absolute atomic E-state index is 11.6. The number of rotatable bonds is 1. The quantitative estimate of drug-likeness (QED) is 0.744. The van der Waals surface area contributed by atoms with E-state index < -0.39 is 0 Å². The van der Waals surface area contributed by atoms with Crippen LogP contribution in [0, 0.1) is 0 Å². The maximum Gasteiger partial charge on any atom is 0.265 e. The van der Waals surface area contributed by atoms with E-state index in [1.165, 1.54) is 0 Å². The second kappa shape index (κ2) is 4.73. The van der Waals surface area contributed by atoms with Crippen LogP contribution in [-0.4, -0.2) is 18.2 Å². The van der Waals surface area contributed by atoms with Gasteiger partial charge in [0.25, 0.3) is 5.91 Å². The molecule has 1 amide bonds. The van der Waals surface area contributed by atoms with E-state index >= 15 is 0 Å². The van der Waals surface area contributed by atoms with Crippen LogP contribution in [0.4, 0.5) is 5.69 Å². The molecule has 1 aliphatic rings. The number of hydrogen-bond donors (Lipinski definition) is 1. The SMILES string of the molecule is O=C1NCCCCC1=Nc1ccccc1. The van der Waals surface area contributed by atoms with Crippen LogP contribution in [0.5, 0.6) is 0 Å². The Kier molecular flexibility index (Phi) is 3.12. The summed E-state index contributed by atoms with van der Waals surface area (Å²) in [4.78, 5) is 15.9. The molecule has 15 heavy (non-hydrogen) atoms. The molecule has 1 saturated heterocycles. The summed E-state index contributed by atoms with van der Waals surface area (Å²) < 4.78 is 0. The van der Waals surface area contributed by atoms with Crippen LogP contribution in [0.2, 0.25) is 0 Å². The lowest BCUT2D eigenvalue weighted by Gasteiger charge is -2.01. The summed E-state index contributed by atoms with van der Waals surface area (Å²) in [5.41, 5.74) is 1.50. The molecule has 0 spiro atoms. The maximum atomic E-state index is 11.6. The Bertz CT molecular complexity index is 370. The highest BCUT2D eigenvalue weighted by atomic mass is 16.1. The van der Waals surface area contributed by atoms with Crippen LogP contribution >= 0.6 is 0 Å². The minimum atomic E-state index is -0.0173. The summed E-state index contributed by atoms with van der Waals surface area (Å²) >= 11 is 0. The van der Waals surface area contributed by atoms with Gasteiger partial charge in [-0.2, -0.15) is 0 Å². The fourth-order valence-electron chi connectivity index (χ4n) is 1.60.